The van der Waals surface area contributed by atoms with E-state index in [9.17, 15) is 0 Å². The summed E-state index contributed by atoms with van der Waals surface area (Å²) in [7, 11) is 0. The number of hydrogen-bond donors (Lipinski definition) is 1. The van der Waals surface area contributed by atoms with Crippen molar-refractivity contribution in [3.63, 3.8) is 0 Å². The van der Waals surface area contributed by atoms with Gasteiger partial charge in [0, 0.05) is 0 Å². The molecule has 1 aliphatic heterocycles. The van der Waals surface area contributed by atoms with Crippen molar-refractivity contribution in [2.75, 3.05) is 13.1 Å². The second-order valence-corrected chi connectivity index (χ2v) is 8.17. The Bertz CT molecular complexity index is 288. The van der Waals surface area contributed by atoms with Gasteiger partial charge in [0.1, 0.15) is 0 Å². The summed E-state index contributed by atoms with van der Waals surface area (Å²) >= 11 is 0. The summed E-state index contributed by atoms with van der Waals surface area (Å²) in [4.78, 5) is 0. The van der Waals surface area contributed by atoms with Gasteiger partial charge < -0.3 is 10.1 Å². The first-order valence-electron chi connectivity index (χ1n) is 8.84. The molecule has 2 fully saturated rings. The van der Waals surface area contributed by atoms with Gasteiger partial charge in [-0.25, -0.2) is 0 Å². The molecule has 118 valence electrons. The van der Waals surface area contributed by atoms with Gasteiger partial charge in [0.15, 0.2) is 0 Å². The van der Waals surface area contributed by atoms with Gasteiger partial charge in [0.05, 0.1) is 11.7 Å². The van der Waals surface area contributed by atoms with Crippen LogP contribution in [0, 0.1) is 11.3 Å². The van der Waals surface area contributed by atoms with Gasteiger partial charge in [-0.05, 0) is 62.9 Å². The molecule has 1 heterocycles. The molecule has 0 aromatic heterocycles. The van der Waals surface area contributed by atoms with Gasteiger partial charge in [0.25, 0.3) is 0 Å². The van der Waals surface area contributed by atoms with Crippen molar-refractivity contribution in [1.29, 1.82) is 0 Å². The van der Waals surface area contributed by atoms with Crippen molar-refractivity contribution in [3.05, 3.63) is 0 Å². The summed E-state index contributed by atoms with van der Waals surface area (Å²) in [6, 6.07) is 0. The van der Waals surface area contributed by atoms with Crippen molar-refractivity contribution >= 4 is 0 Å². The van der Waals surface area contributed by atoms with Crippen LogP contribution in [0.4, 0.5) is 0 Å². The average Bonchev–Trinajstić information content (AvgIpc) is 2.98. The van der Waals surface area contributed by atoms with Gasteiger partial charge in [-0.15, -0.1) is 0 Å². The fraction of sp³-hybridized carbons (Fsp3) is 1.00. The third-order valence-corrected chi connectivity index (χ3v) is 5.44. The molecule has 2 rings (SSSR count). The Balaban J connectivity index is 1.85. The van der Waals surface area contributed by atoms with Crippen molar-refractivity contribution in [2.45, 2.75) is 90.8 Å². The minimum Gasteiger partial charge on any atom is -0.372 e. The van der Waals surface area contributed by atoms with Crippen molar-refractivity contribution in [1.82, 2.24) is 5.32 Å². The Morgan fingerprint density at radius 2 is 1.90 bits per heavy atom. The second kappa shape index (κ2) is 6.79. The van der Waals surface area contributed by atoms with Crippen LogP contribution >= 0.6 is 0 Å². The molecule has 2 heteroatoms. The van der Waals surface area contributed by atoms with Gasteiger partial charge in [-0.1, -0.05) is 40.5 Å². The maximum Gasteiger partial charge on any atom is 0.0687 e. The van der Waals surface area contributed by atoms with E-state index in [0.29, 0.717) is 17.1 Å². The van der Waals surface area contributed by atoms with E-state index in [1.165, 1.54) is 51.4 Å². The fourth-order valence-corrected chi connectivity index (χ4v) is 3.96. The van der Waals surface area contributed by atoms with Crippen LogP contribution in [0.25, 0.3) is 0 Å². The summed E-state index contributed by atoms with van der Waals surface area (Å²) in [5.74, 6) is 0.718. The molecule has 1 aliphatic carbocycles. The van der Waals surface area contributed by atoms with Gasteiger partial charge in [-0.3, -0.25) is 0 Å². The molecule has 1 N–H and O–H groups in total. The Kier molecular flexibility index (Phi) is 5.53. The minimum atomic E-state index is 0.296. The highest BCUT2D eigenvalue weighted by molar-refractivity contribution is 4.94. The molecule has 2 nitrogen and oxygen atoms in total. The Morgan fingerprint density at radius 3 is 2.50 bits per heavy atom. The lowest BCUT2D eigenvalue weighted by molar-refractivity contribution is -0.0498. The zero-order valence-corrected chi connectivity index (χ0v) is 14.1. The Morgan fingerprint density at radius 1 is 1.20 bits per heavy atom. The normalized spacial score (nSPS) is 27.3. The van der Waals surface area contributed by atoms with Gasteiger partial charge in [-0.2, -0.15) is 0 Å². The number of ether oxygens (including phenoxy) is 1. The molecule has 0 bridgehead atoms. The molecule has 2 aliphatic rings. The van der Waals surface area contributed by atoms with Crippen molar-refractivity contribution in [3.8, 4) is 0 Å². The van der Waals surface area contributed by atoms with Crippen molar-refractivity contribution in [2.24, 2.45) is 11.3 Å². The number of nitrogens with one attached hydrogen (secondary N) is 1. The van der Waals surface area contributed by atoms with E-state index in [1.54, 1.807) is 0 Å². The highest BCUT2D eigenvalue weighted by Gasteiger charge is 2.43. The lowest BCUT2D eigenvalue weighted by Gasteiger charge is -2.34. The Labute approximate surface area is 126 Å². The first-order valence-corrected chi connectivity index (χ1v) is 8.84. The molecule has 1 spiro atoms. The van der Waals surface area contributed by atoms with Crippen LogP contribution in [0.3, 0.4) is 0 Å². The predicted molar refractivity (Wildman–Crippen MR) is 86.0 cm³/mol. The molecule has 2 unspecified atom stereocenters. The zero-order valence-electron chi connectivity index (χ0n) is 14.1. The Hall–Kier alpha value is -0.0800. The molecule has 20 heavy (non-hydrogen) atoms. The summed E-state index contributed by atoms with van der Waals surface area (Å²) in [6.07, 6.45) is 11.0. The quantitative estimate of drug-likeness (QED) is 0.722. The average molecular weight is 281 g/mol. The SMILES string of the molecule is CCCNCC(CC1CCC2(CCCC2)O1)C(C)(C)C. The summed E-state index contributed by atoms with van der Waals surface area (Å²) in [5.41, 5.74) is 0.666. The van der Waals surface area contributed by atoms with Gasteiger partial charge >= 0.3 is 0 Å². The van der Waals surface area contributed by atoms with E-state index in [4.69, 9.17) is 4.74 Å². The van der Waals surface area contributed by atoms with Crippen LogP contribution in [0.5, 0.6) is 0 Å². The van der Waals surface area contributed by atoms with E-state index < -0.39 is 0 Å². The lowest BCUT2D eigenvalue weighted by Crippen LogP contribution is -2.35. The summed E-state index contributed by atoms with van der Waals surface area (Å²) in [5, 5.41) is 3.62. The molecule has 1 saturated carbocycles. The third-order valence-electron chi connectivity index (χ3n) is 5.44. The molecule has 2 atom stereocenters. The molecule has 1 saturated heterocycles. The maximum atomic E-state index is 6.51. The van der Waals surface area contributed by atoms with E-state index >= 15 is 0 Å². The highest BCUT2D eigenvalue weighted by atomic mass is 16.5. The maximum absolute atomic E-state index is 6.51. The van der Waals surface area contributed by atoms with Gasteiger partial charge in [0.2, 0.25) is 0 Å². The summed E-state index contributed by atoms with van der Waals surface area (Å²) < 4.78 is 6.51. The van der Waals surface area contributed by atoms with E-state index in [1.807, 2.05) is 0 Å². The van der Waals surface area contributed by atoms with Crippen LogP contribution in [0.2, 0.25) is 0 Å². The first kappa shape index (κ1) is 16.3. The van der Waals surface area contributed by atoms with Crippen molar-refractivity contribution < 1.29 is 4.74 Å². The summed E-state index contributed by atoms with van der Waals surface area (Å²) in [6.45, 7) is 11.7. The molecule has 0 radical (unpaired) electrons. The largest absolute Gasteiger partial charge is 0.372 e. The monoisotopic (exact) mass is 281 g/mol. The van der Waals surface area contributed by atoms with Crippen LogP contribution in [0.15, 0.2) is 0 Å². The minimum absolute atomic E-state index is 0.296. The van der Waals surface area contributed by atoms with E-state index in [0.717, 1.165) is 19.0 Å². The van der Waals surface area contributed by atoms with Crippen LogP contribution < -0.4 is 5.32 Å². The molecule has 0 aromatic rings. The topological polar surface area (TPSA) is 21.3 Å². The van der Waals surface area contributed by atoms with E-state index in [-0.39, 0.29) is 0 Å². The highest BCUT2D eigenvalue weighted by Crippen LogP contribution is 2.45. The smallest absolute Gasteiger partial charge is 0.0687 e. The first-order chi connectivity index (χ1) is 9.45. The molecular formula is C18H35NO. The predicted octanol–water partition coefficient (Wildman–Crippen LogP) is 4.53. The zero-order chi connectivity index (χ0) is 14.6. The second-order valence-electron chi connectivity index (χ2n) is 8.17. The molecule has 0 aromatic carbocycles. The standard InChI is InChI=1S/C18H35NO/c1-5-12-19-14-15(17(2,3)4)13-16-8-11-18(20-16)9-6-7-10-18/h15-16,19H,5-14H2,1-4H3. The van der Waals surface area contributed by atoms with Crippen LogP contribution in [-0.4, -0.2) is 24.8 Å². The molecular weight excluding hydrogens is 246 g/mol. The lowest BCUT2D eigenvalue weighted by atomic mass is 9.77. The van der Waals surface area contributed by atoms with Crippen LogP contribution in [-0.2, 0) is 4.74 Å². The third kappa shape index (κ3) is 4.21. The fourth-order valence-electron chi connectivity index (χ4n) is 3.96. The number of rotatable bonds is 6. The molecule has 0 amide bonds. The number of hydrogen-bond acceptors (Lipinski definition) is 2. The van der Waals surface area contributed by atoms with E-state index in [2.05, 4.69) is 33.0 Å². The van der Waals surface area contributed by atoms with Crippen LogP contribution in [0.1, 0.15) is 79.1 Å².